The van der Waals surface area contributed by atoms with Gasteiger partial charge in [-0.05, 0) is 11.6 Å². The Balaban J connectivity index is 1.40. The molecule has 3 saturated heterocycles. The number of aromatic nitrogens is 1. The second-order valence-electron chi connectivity index (χ2n) is 7.39. The zero-order valence-electron chi connectivity index (χ0n) is 14.4. The van der Waals surface area contributed by atoms with Crippen molar-refractivity contribution in [3.63, 3.8) is 0 Å². The second kappa shape index (κ2) is 6.09. The molecule has 1 spiro atoms. The molecular weight excluding hydrogens is 350 g/mol. The Hall–Kier alpha value is -1.86. The molecule has 5 heterocycles. The average Bonchev–Trinajstić information content (AvgIpc) is 3.31. The van der Waals surface area contributed by atoms with Crippen molar-refractivity contribution in [3.8, 4) is 0 Å². The molecule has 0 aromatic carbocycles. The van der Waals surface area contributed by atoms with Crippen LogP contribution in [0.15, 0.2) is 36.7 Å². The Kier molecular flexibility index (Phi) is 3.83. The predicted octanol–water partition coefficient (Wildman–Crippen LogP) is 0.939. The van der Waals surface area contributed by atoms with Crippen LogP contribution in [0.4, 0.5) is 0 Å². The number of fused-ring (bicyclic) bond motifs is 1. The van der Waals surface area contributed by atoms with Gasteiger partial charge in [-0.2, -0.15) is 11.8 Å². The van der Waals surface area contributed by atoms with Crippen LogP contribution >= 0.6 is 11.8 Å². The van der Waals surface area contributed by atoms with E-state index in [1.165, 1.54) is 0 Å². The van der Waals surface area contributed by atoms with Crippen LogP contribution in [0.25, 0.3) is 0 Å². The Morgan fingerprint density at radius 2 is 2.23 bits per heavy atom. The van der Waals surface area contributed by atoms with Crippen LogP contribution in [0.5, 0.6) is 0 Å². The largest absolute Gasteiger partial charge is 0.360 e. The van der Waals surface area contributed by atoms with Crippen LogP contribution in [0, 0.1) is 11.8 Å². The number of hydrogen-bond donors (Lipinski definition) is 0. The van der Waals surface area contributed by atoms with Crippen molar-refractivity contribution >= 4 is 23.6 Å². The maximum Gasteiger partial charge on any atom is 0.230 e. The number of nitrogens with zero attached hydrogens (tertiary/aromatic N) is 3. The maximum atomic E-state index is 13.2. The topological polar surface area (TPSA) is 62.7 Å². The van der Waals surface area contributed by atoms with Gasteiger partial charge in [0.1, 0.15) is 5.60 Å². The third-order valence-electron chi connectivity index (χ3n) is 5.88. The number of likely N-dealkylation sites (tertiary alicyclic amines) is 1. The van der Waals surface area contributed by atoms with Gasteiger partial charge in [0, 0.05) is 43.5 Å². The third-order valence-corrected chi connectivity index (χ3v) is 6.83. The van der Waals surface area contributed by atoms with Crippen LogP contribution in [0.1, 0.15) is 5.56 Å². The van der Waals surface area contributed by atoms with E-state index in [0.717, 1.165) is 30.2 Å². The summed E-state index contributed by atoms with van der Waals surface area (Å²) >= 11 is 1.87. The van der Waals surface area contributed by atoms with E-state index in [9.17, 15) is 9.59 Å². The molecule has 0 unspecified atom stereocenters. The number of hydrogen-bond acceptors (Lipinski definition) is 5. The van der Waals surface area contributed by atoms with Gasteiger partial charge in [-0.25, -0.2) is 0 Å². The first-order chi connectivity index (χ1) is 12.7. The van der Waals surface area contributed by atoms with Crippen molar-refractivity contribution < 1.29 is 14.3 Å². The SMILES string of the molecule is O=C([C@H]1[C@@H]2C=C[C@@]3(CN(Cc4cccnc4)C(=O)[C@@H]13)O2)N1CCSCC1. The highest BCUT2D eigenvalue weighted by atomic mass is 32.2. The molecule has 0 saturated carbocycles. The van der Waals surface area contributed by atoms with E-state index in [-0.39, 0.29) is 23.8 Å². The molecule has 2 amide bonds. The third kappa shape index (κ3) is 2.41. The predicted molar refractivity (Wildman–Crippen MR) is 97.3 cm³/mol. The van der Waals surface area contributed by atoms with E-state index in [1.54, 1.807) is 12.4 Å². The summed E-state index contributed by atoms with van der Waals surface area (Å²) < 4.78 is 6.20. The molecule has 7 heteroatoms. The molecule has 0 N–H and O–H groups in total. The molecule has 0 radical (unpaired) electrons. The molecule has 3 fully saturated rings. The fraction of sp³-hybridized carbons (Fsp3) is 0.526. The Labute approximate surface area is 156 Å². The molecular formula is C19H21N3O3S. The number of carbonyl (C=O) groups is 2. The van der Waals surface area contributed by atoms with Crippen molar-refractivity contribution in [1.29, 1.82) is 0 Å². The van der Waals surface area contributed by atoms with E-state index < -0.39 is 11.5 Å². The van der Waals surface area contributed by atoms with Crippen LogP contribution in [-0.4, -0.2) is 69.4 Å². The highest BCUT2D eigenvalue weighted by molar-refractivity contribution is 7.99. The van der Waals surface area contributed by atoms with Crippen LogP contribution in [0.2, 0.25) is 0 Å². The summed E-state index contributed by atoms with van der Waals surface area (Å²) in [6.07, 6.45) is 7.24. The summed E-state index contributed by atoms with van der Waals surface area (Å²) in [5.74, 6) is 1.28. The zero-order valence-corrected chi connectivity index (χ0v) is 15.2. The smallest absolute Gasteiger partial charge is 0.230 e. The molecule has 136 valence electrons. The minimum absolute atomic E-state index is 0.0328. The van der Waals surface area contributed by atoms with Crippen LogP contribution in [0.3, 0.4) is 0 Å². The van der Waals surface area contributed by atoms with Crippen molar-refractivity contribution in [2.24, 2.45) is 11.8 Å². The molecule has 6 nitrogen and oxygen atoms in total. The number of thioether (sulfide) groups is 1. The zero-order chi connectivity index (χ0) is 17.7. The number of rotatable bonds is 3. The summed E-state index contributed by atoms with van der Waals surface area (Å²) in [5, 5.41) is 0. The van der Waals surface area contributed by atoms with Gasteiger partial charge in [0.25, 0.3) is 0 Å². The fourth-order valence-electron chi connectivity index (χ4n) is 4.70. The number of amides is 2. The van der Waals surface area contributed by atoms with E-state index in [2.05, 4.69) is 4.98 Å². The average molecular weight is 371 g/mol. The molecule has 1 aromatic rings. The summed E-state index contributed by atoms with van der Waals surface area (Å²) in [4.78, 5) is 34.2. The molecule has 4 aliphatic rings. The minimum atomic E-state index is -0.630. The van der Waals surface area contributed by atoms with Crippen LogP contribution in [-0.2, 0) is 20.9 Å². The van der Waals surface area contributed by atoms with Gasteiger partial charge in [-0.3, -0.25) is 14.6 Å². The van der Waals surface area contributed by atoms with Gasteiger partial charge in [0.15, 0.2) is 0 Å². The summed E-state index contributed by atoms with van der Waals surface area (Å²) in [6, 6.07) is 3.84. The standard InChI is InChI=1S/C19H21N3O3S/c23-17(21-6-8-26-9-7-21)15-14-3-4-19(25-14)12-22(18(24)16(15)19)11-13-2-1-5-20-10-13/h1-5,10,14-16H,6-9,11-12H2/t14-,15-,16+,19-/m0/s1. The molecule has 4 atom stereocenters. The first-order valence-corrected chi connectivity index (χ1v) is 10.2. The van der Waals surface area contributed by atoms with E-state index in [1.807, 2.05) is 45.8 Å². The van der Waals surface area contributed by atoms with Crippen molar-refractivity contribution in [2.45, 2.75) is 18.2 Å². The van der Waals surface area contributed by atoms with E-state index in [4.69, 9.17) is 4.74 Å². The molecule has 1 aromatic heterocycles. The lowest BCUT2D eigenvalue weighted by molar-refractivity contribution is -0.143. The van der Waals surface area contributed by atoms with Crippen molar-refractivity contribution in [3.05, 3.63) is 42.2 Å². The normalized spacial score (nSPS) is 35.2. The number of pyridine rings is 1. The van der Waals surface area contributed by atoms with Gasteiger partial charge in [-0.15, -0.1) is 0 Å². The van der Waals surface area contributed by atoms with E-state index in [0.29, 0.717) is 13.1 Å². The van der Waals surface area contributed by atoms with Gasteiger partial charge < -0.3 is 14.5 Å². The molecule has 26 heavy (non-hydrogen) atoms. The first-order valence-electron chi connectivity index (χ1n) is 9.09. The number of ether oxygens (including phenoxy) is 1. The lowest BCUT2D eigenvalue weighted by Crippen LogP contribution is -2.48. The summed E-state index contributed by atoms with van der Waals surface area (Å²) in [5.41, 5.74) is 0.362. The van der Waals surface area contributed by atoms with Gasteiger partial charge in [0.05, 0.1) is 24.5 Å². The molecule has 0 aliphatic carbocycles. The Morgan fingerprint density at radius 3 is 3.00 bits per heavy atom. The number of carbonyl (C=O) groups excluding carboxylic acids is 2. The highest BCUT2D eigenvalue weighted by Gasteiger charge is 2.67. The van der Waals surface area contributed by atoms with Gasteiger partial charge in [0.2, 0.25) is 11.8 Å². The van der Waals surface area contributed by atoms with Gasteiger partial charge >= 0.3 is 0 Å². The molecule has 2 bridgehead atoms. The fourth-order valence-corrected chi connectivity index (χ4v) is 5.60. The lowest BCUT2D eigenvalue weighted by atomic mass is 9.76. The van der Waals surface area contributed by atoms with Crippen molar-refractivity contribution in [1.82, 2.24) is 14.8 Å². The maximum absolute atomic E-state index is 13.2. The monoisotopic (exact) mass is 371 g/mol. The molecule has 5 rings (SSSR count). The first kappa shape index (κ1) is 16.3. The highest BCUT2D eigenvalue weighted by Crippen LogP contribution is 2.52. The second-order valence-corrected chi connectivity index (χ2v) is 8.62. The minimum Gasteiger partial charge on any atom is -0.360 e. The molecule has 4 aliphatic heterocycles. The van der Waals surface area contributed by atoms with Gasteiger partial charge in [-0.1, -0.05) is 18.2 Å². The Bertz CT molecular complexity index is 765. The lowest BCUT2D eigenvalue weighted by Gasteiger charge is -2.32. The summed E-state index contributed by atoms with van der Waals surface area (Å²) in [6.45, 7) is 2.56. The Morgan fingerprint density at radius 1 is 1.38 bits per heavy atom. The van der Waals surface area contributed by atoms with E-state index >= 15 is 0 Å². The summed E-state index contributed by atoms with van der Waals surface area (Å²) in [7, 11) is 0. The van der Waals surface area contributed by atoms with Crippen LogP contribution < -0.4 is 0 Å². The quantitative estimate of drug-likeness (QED) is 0.740. The van der Waals surface area contributed by atoms with Crippen molar-refractivity contribution in [2.75, 3.05) is 31.1 Å².